The van der Waals surface area contributed by atoms with Gasteiger partial charge in [-0.25, -0.2) is 0 Å². The highest BCUT2D eigenvalue weighted by Gasteiger charge is 2.34. The van der Waals surface area contributed by atoms with Gasteiger partial charge in [-0.15, -0.1) is 0 Å². The van der Waals surface area contributed by atoms with Gasteiger partial charge in [0.1, 0.15) is 0 Å². The fourth-order valence-corrected chi connectivity index (χ4v) is 3.40. The molecule has 118 valence electrons. The molecule has 1 aliphatic carbocycles. The van der Waals surface area contributed by atoms with Crippen LogP contribution in [0, 0.1) is 17.8 Å². The molecular formula is C16H33N3O. The molecule has 1 saturated heterocycles. The second kappa shape index (κ2) is 7.74. The van der Waals surface area contributed by atoms with Crippen LogP contribution >= 0.6 is 0 Å². The first-order valence-corrected chi connectivity index (χ1v) is 8.42. The maximum absolute atomic E-state index is 10.2. The van der Waals surface area contributed by atoms with Crippen molar-refractivity contribution in [3.8, 4) is 0 Å². The van der Waals surface area contributed by atoms with E-state index in [4.69, 9.17) is 5.73 Å². The second-order valence-corrected chi connectivity index (χ2v) is 7.29. The quantitative estimate of drug-likeness (QED) is 0.623. The van der Waals surface area contributed by atoms with Crippen molar-refractivity contribution < 1.29 is 5.11 Å². The van der Waals surface area contributed by atoms with Gasteiger partial charge in [-0.3, -0.25) is 0 Å². The fourth-order valence-electron chi connectivity index (χ4n) is 3.40. The molecule has 20 heavy (non-hydrogen) atoms. The maximum Gasteiger partial charge on any atom is 0.0571 e. The van der Waals surface area contributed by atoms with E-state index >= 15 is 0 Å². The van der Waals surface area contributed by atoms with Crippen LogP contribution in [0.2, 0.25) is 0 Å². The Morgan fingerprint density at radius 3 is 2.65 bits per heavy atom. The number of nitrogens with zero attached hydrogens (tertiary/aromatic N) is 1. The molecule has 4 nitrogen and oxygen atoms in total. The molecular weight excluding hydrogens is 250 g/mol. The molecule has 0 aromatic carbocycles. The van der Waals surface area contributed by atoms with E-state index in [9.17, 15) is 5.11 Å². The van der Waals surface area contributed by atoms with E-state index in [0.717, 1.165) is 39.1 Å². The van der Waals surface area contributed by atoms with Crippen molar-refractivity contribution in [2.45, 2.75) is 51.7 Å². The molecule has 0 aromatic rings. The molecule has 2 aliphatic rings. The Balaban J connectivity index is 1.82. The minimum atomic E-state index is -0.0661. The van der Waals surface area contributed by atoms with Crippen molar-refractivity contribution in [2.75, 3.05) is 32.7 Å². The van der Waals surface area contributed by atoms with Gasteiger partial charge in [0.25, 0.3) is 0 Å². The summed E-state index contributed by atoms with van der Waals surface area (Å²) in [5.41, 5.74) is 5.72. The molecule has 4 heteroatoms. The van der Waals surface area contributed by atoms with E-state index in [2.05, 4.69) is 24.1 Å². The lowest BCUT2D eigenvalue weighted by atomic mass is 9.88. The predicted molar refractivity (Wildman–Crippen MR) is 83.6 cm³/mol. The van der Waals surface area contributed by atoms with E-state index in [1.54, 1.807) is 0 Å². The molecule has 2 rings (SSSR count). The number of nitrogens with two attached hydrogens (primary N) is 1. The summed E-state index contributed by atoms with van der Waals surface area (Å²) < 4.78 is 0. The molecule has 0 radical (unpaired) electrons. The van der Waals surface area contributed by atoms with Gasteiger partial charge in [-0.1, -0.05) is 13.8 Å². The van der Waals surface area contributed by atoms with Crippen LogP contribution in [0.5, 0.6) is 0 Å². The van der Waals surface area contributed by atoms with Crippen LogP contribution in [-0.4, -0.2) is 54.9 Å². The number of rotatable bonds is 8. The van der Waals surface area contributed by atoms with Gasteiger partial charge in [0.05, 0.1) is 6.10 Å². The number of nitrogens with one attached hydrogen (secondary N) is 1. The maximum atomic E-state index is 10.2. The first-order valence-electron chi connectivity index (χ1n) is 8.42. The van der Waals surface area contributed by atoms with Crippen LogP contribution in [0.4, 0.5) is 0 Å². The Morgan fingerprint density at radius 2 is 2.05 bits per heavy atom. The highest BCUT2D eigenvalue weighted by Crippen LogP contribution is 2.36. The summed E-state index contributed by atoms with van der Waals surface area (Å²) in [5.74, 6) is 1.91. The lowest BCUT2D eigenvalue weighted by Gasteiger charge is -2.39. The Kier molecular flexibility index (Phi) is 6.27. The summed E-state index contributed by atoms with van der Waals surface area (Å²) >= 11 is 0. The largest absolute Gasteiger partial charge is 0.393 e. The molecule has 2 fully saturated rings. The third-order valence-electron chi connectivity index (χ3n) is 4.61. The minimum Gasteiger partial charge on any atom is -0.393 e. The third kappa shape index (κ3) is 5.32. The number of aliphatic hydroxyl groups excluding tert-OH is 1. The summed E-state index contributed by atoms with van der Waals surface area (Å²) in [6.07, 6.45) is 4.58. The van der Waals surface area contributed by atoms with Gasteiger partial charge < -0.3 is 21.1 Å². The van der Waals surface area contributed by atoms with Gasteiger partial charge in [0, 0.05) is 32.2 Å². The average molecular weight is 283 g/mol. The van der Waals surface area contributed by atoms with Crippen molar-refractivity contribution in [3.05, 3.63) is 0 Å². The number of hydrogen-bond donors (Lipinski definition) is 3. The highest BCUT2D eigenvalue weighted by atomic mass is 16.3. The first kappa shape index (κ1) is 16.2. The molecule has 3 unspecified atom stereocenters. The van der Waals surface area contributed by atoms with E-state index < -0.39 is 0 Å². The van der Waals surface area contributed by atoms with E-state index in [-0.39, 0.29) is 6.10 Å². The molecule has 0 aromatic heterocycles. The Labute approximate surface area is 124 Å². The van der Waals surface area contributed by atoms with Crippen LogP contribution in [0.3, 0.4) is 0 Å². The molecule has 0 amide bonds. The highest BCUT2D eigenvalue weighted by molar-refractivity contribution is 4.88. The first-order chi connectivity index (χ1) is 9.58. The van der Waals surface area contributed by atoms with Crippen LogP contribution in [0.15, 0.2) is 0 Å². The Bertz CT molecular complexity index is 281. The van der Waals surface area contributed by atoms with Crippen LogP contribution in [-0.2, 0) is 0 Å². The molecule has 1 heterocycles. The van der Waals surface area contributed by atoms with Gasteiger partial charge in [0.15, 0.2) is 0 Å². The van der Waals surface area contributed by atoms with Crippen molar-refractivity contribution in [1.29, 1.82) is 0 Å². The molecule has 0 bridgehead atoms. The van der Waals surface area contributed by atoms with Crippen molar-refractivity contribution >= 4 is 0 Å². The zero-order valence-corrected chi connectivity index (χ0v) is 13.2. The van der Waals surface area contributed by atoms with Crippen LogP contribution in [0.1, 0.15) is 39.5 Å². The molecule has 1 saturated carbocycles. The van der Waals surface area contributed by atoms with Gasteiger partial charge in [0.2, 0.25) is 0 Å². The lowest BCUT2D eigenvalue weighted by molar-refractivity contribution is 0.0755. The fraction of sp³-hybridized carbons (Fsp3) is 1.00. The van der Waals surface area contributed by atoms with Gasteiger partial charge in [-0.2, -0.15) is 0 Å². The van der Waals surface area contributed by atoms with Crippen molar-refractivity contribution in [1.82, 2.24) is 10.2 Å². The summed E-state index contributed by atoms with van der Waals surface area (Å²) in [6.45, 7) is 9.52. The zero-order chi connectivity index (χ0) is 14.5. The Hall–Kier alpha value is -0.160. The predicted octanol–water partition coefficient (Wildman–Crippen LogP) is 1.04. The minimum absolute atomic E-state index is 0.0661. The number of hydrogen-bond acceptors (Lipinski definition) is 4. The third-order valence-corrected chi connectivity index (χ3v) is 4.61. The standard InChI is InChI=1S/C16H33N3O/c1-12(2)9-18-15-7-13(8-16(20)14-3-4-14)10-19(11-15)6-5-17/h12-16,18,20H,3-11,17H2,1-2H3. The molecule has 0 spiro atoms. The summed E-state index contributed by atoms with van der Waals surface area (Å²) in [6, 6.07) is 0.564. The monoisotopic (exact) mass is 283 g/mol. The van der Waals surface area contributed by atoms with Crippen molar-refractivity contribution in [3.63, 3.8) is 0 Å². The molecule has 4 N–H and O–H groups in total. The normalized spacial score (nSPS) is 29.9. The topological polar surface area (TPSA) is 61.5 Å². The van der Waals surface area contributed by atoms with Crippen molar-refractivity contribution in [2.24, 2.45) is 23.5 Å². The summed E-state index contributed by atoms with van der Waals surface area (Å²) in [7, 11) is 0. The number of piperidine rings is 1. The number of aliphatic hydroxyl groups is 1. The molecule has 1 aliphatic heterocycles. The van der Waals surface area contributed by atoms with Crippen LogP contribution < -0.4 is 11.1 Å². The van der Waals surface area contributed by atoms with Gasteiger partial charge >= 0.3 is 0 Å². The Morgan fingerprint density at radius 1 is 1.30 bits per heavy atom. The average Bonchev–Trinajstić information content (AvgIpc) is 3.20. The summed E-state index contributed by atoms with van der Waals surface area (Å²) in [5, 5.41) is 13.9. The lowest BCUT2D eigenvalue weighted by Crippen LogP contribution is -2.51. The van der Waals surface area contributed by atoms with Gasteiger partial charge in [-0.05, 0) is 50.0 Å². The summed E-state index contributed by atoms with van der Waals surface area (Å²) in [4.78, 5) is 2.48. The second-order valence-electron chi connectivity index (χ2n) is 7.29. The SMILES string of the molecule is CC(C)CNC1CC(CC(O)C2CC2)CN(CCN)C1. The van der Waals surface area contributed by atoms with E-state index in [1.165, 1.54) is 19.3 Å². The van der Waals surface area contributed by atoms with E-state index in [1.807, 2.05) is 0 Å². The number of likely N-dealkylation sites (tertiary alicyclic amines) is 1. The zero-order valence-electron chi connectivity index (χ0n) is 13.2. The smallest absolute Gasteiger partial charge is 0.0571 e. The molecule has 3 atom stereocenters. The van der Waals surface area contributed by atoms with E-state index in [0.29, 0.717) is 23.8 Å². The van der Waals surface area contributed by atoms with Crippen LogP contribution in [0.25, 0.3) is 0 Å².